The highest BCUT2D eigenvalue weighted by atomic mass is 16.5. The maximum Gasteiger partial charge on any atom is 0.143 e. The number of hydrogen-bond acceptors (Lipinski definition) is 3. The van der Waals surface area contributed by atoms with Crippen LogP contribution in [0.4, 0.5) is 0 Å². The summed E-state index contributed by atoms with van der Waals surface area (Å²) in [6, 6.07) is 26.7. The zero-order valence-corrected chi connectivity index (χ0v) is 18.7. The molecular formula is C29H29O3. The van der Waals surface area contributed by atoms with Crippen molar-refractivity contribution in [3.8, 4) is 11.5 Å². The molecule has 0 spiro atoms. The van der Waals surface area contributed by atoms with E-state index in [2.05, 4.69) is 74.2 Å². The van der Waals surface area contributed by atoms with E-state index < -0.39 is 5.60 Å². The van der Waals surface area contributed by atoms with Crippen LogP contribution in [0.5, 0.6) is 11.5 Å². The molecule has 0 atom stereocenters. The summed E-state index contributed by atoms with van der Waals surface area (Å²) in [6.45, 7) is 0.623. The predicted octanol–water partition coefficient (Wildman–Crippen LogP) is 6.20. The molecule has 5 radical (unpaired) electrons. The molecule has 0 heterocycles. The minimum absolute atomic E-state index is 0.623. The lowest BCUT2D eigenvalue weighted by molar-refractivity contribution is 0.0113. The van der Waals surface area contributed by atoms with Crippen molar-refractivity contribution >= 4 is 0 Å². The van der Waals surface area contributed by atoms with Gasteiger partial charge in [-0.2, -0.15) is 0 Å². The highest BCUT2D eigenvalue weighted by Crippen LogP contribution is 2.42. The Morgan fingerprint density at radius 2 is 1.12 bits per heavy atom. The molecule has 4 rings (SSSR count). The molecule has 1 aliphatic rings. The summed E-state index contributed by atoms with van der Waals surface area (Å²) in [4.78, 5) is 0. The van der Waals surface area contributed by atoms with Crippen LogP contribution in [0.15, 0.2) is 78.9 Å². The van der Waals surface area contributed by atoms with Gasteiger partial charge in [-0.1, -0.05) is 54.6 Å². The van der Waals surface area contributed by atoms with Crippen LogP contribution in [0, 0.1) is 31.6 Å². The molecule has 0 saturated heterocycles. The molecule has 0 unspecified atom stereocenters. The van der Waals surface area contributed by atoms with E-state index in [1.165, 1.54) is 5.92 Å². The fourth-order valence-corrected chi connectivity index (χ4v) is 4.16. The van der Waals surface area contributed by atoms with Crippen LogP contribution < -0.4 is 9.47 Å². The molecule has 3 aromatic rings. The topological polar surface area (TPSA) is 27.7 Å². The van der Waals surface area contributed by atoms with Gasteiger partial charge in [-0.3, -0.25) is 0 Å². The van der Waals surface area contributed by atoms with Gasteiger partial charge in [-0.15, -0.1) is 0 Å². The third-order valence-corrected chi connectivity index (χ3v) is 5.83. The van der Waals surface area contributed by atoms with Crippen LogP contribution in [0.25, 0.3) is 0 Å². The first-order valence-corrected chi connectivity index (χ1v) is 11.0. The molecule has 3 heteroatoms. The monoisotopic (exact) mass is 425 g/mol. The molecule has 0 N–H and O–H groups in total. The first-order valence-electron chi connectivity index (χ1n) is 11.0. The third-order valence-electron chi connectivity index (χ3n) is 5.83. The summed E-state index contributed by atoms with van der Waals surface area (Å²) >= 11 is 0. The molecule has 1 saturated carbocycles. The van der Waals surface area contributed by atoms with E-state index in [-0.39, 0.29) is 0 Å². The fourth-order valence-electron chi connectivity index (χ4n) is 4.16. The van der Waals surface area contributed by atoms with E-state index >= 15 is 0 Å². The Balaban J connectivity index is 1.73. The SMILES string of the molecule is COc1ccc(C(OCCC[C]2[CH][CH][CH][CH]2)(c2ccccc2)c2ccc(OC)cc2)cc1. The van der Waals surface area contributed by atoms with E-state index in [4.69, 9.17) is 14.2 Å². The number of hydrogen-bond donors (Lipinski definition) is 0. The molecule has 0 bridgehead atoms. The van der Waals surface area contributed by atoms with Crippen LogP contribution >= 0.6 is 0 Å². The van der Waals surface area contributed by atoms with E-state index in [0.29, 0.717) is 6.61 Å². The van der Waals surface area contributed by atoms with Gasteiger partial charge in [0, 0.05) is 6.61 Å². The Labute approximate surface area is 192 Å². The molecule has 3 aromatic carbocycles. The molecule has 0 aliphatic heterocycles. The van der Waals surface area contributed by atoms with Crippen molar-refractivity contribution in [1.29, 1.82) is 0 Å². The largest absolute Gasteiger partial charge is 0.497 e. The van der Waals surface area contributed by atoms with E-state index in [0.717, 1.165) is 41.0 Å². The van der Waals surface area contributed by atoms with Crippen molar-refractivity contribution in [3.63, 3.8) is 0 Å². The van der Waals surface area contributed by atoms with Gasteiger partial charge in [0.05, 0.1) is 14.2 Å². The molecule has 0 amide bonds. The average molecular weight is 426 g/mol. The van der Waals surface area contributed by atoms with E-state index in [9.17, 15) is 0 Å². The highest BCUT2D eigenvalue weighted by molar-refractivity contribution is 5.49. The van der Waals surface area contributed by atoms with Crippen LogP contribution in [-0.4, -0.2) is 20.8 Å². The van der Waals surface area contributed by atoms with Crippen molar-refractivity contribution in [1.82, 2.24) is 0 Å². The van der Waals surface area contributed by atoms with Crippen molar-refractivity contribution in [3.05, 3.63) is 127 Å². The Morgan fingerprint density at radius 1 is 0.625 bits per heavy atom. The van der Waals surface area contributed by atoms with Crippen LogP contribution in [0.1, 0.15) is 29.5 Å². The maximum atomic E-state index is 6.85. The molecule has 1 aliphatic carbocycles. The Kier molecular flexibility index (Phi) is 7.49. The summed E-state index contributed by atoms with van der Waals surface area (Å²) in [5, 5.41) is 0. The van der Waals surface area contributed by atoms with Gasteiger partial charge in [0.2, 0.25) is 0 Å². The Bertz CT molecular complexity index is 894. The van der Waals surface area contributed by atoms with Gasteiger partial charge in [0.1, 0.15) is 17.1 Å². The molecular weight excluding hydrogens is 396 g/mol. The van der Waals surface area contributed by atoms with Crippen LogP contribution in [-0.2, 0) is 10.3 Å². The van der Waals surface area contributed by atoms with E-state index in [1.54, 1.807) is 14.2 Å². The summed E-state index contributed by atoms with van der Waals surface area (Å²) in [6.07, 6.45) is 10.4. The van der Waals surface area contributed by atoms with Gasteiger partial charge >= 0.3 is 0 Å². The van der Waals surface area contributed by atoms with Crippen molar-refractivity contribution in [2.24, 2.45) is 0 Å². The van der Waals surface area contributed by atoms with Crippen molar-refractivity contribution in [2.45, 2.75) is 18.4 Å². The minimum atomic E-state index is -0.744. The maximum absolute atomic E-state index is 6.85. The number of ether oxygens (including phenoxy) is 3. The molecule has 3 nitrogen and oxygen atoms in total. The lowest BCUT2D eigenvalue weighted by Gasteiger charge is -2.36. The second kappa shape index (κ2) is 10.7. The standard InChI is InChI=1S/C29H29O3/c1-30-27-18-14-25(15-19-27)29(24-12-4-3-5-13-24,26-16-20-28(31-2)21-17-26)32-22-8-11-23-9-6-7-10-23/h3-7,9-10,12-21H,8,11,22H2,1-2H3. The summed E-state index contributed by atoms with van der Waals surface area (Å²) in [5.41, 5.74) is 2.46. The lowest BCUT2D eigenvalue weighted by atomic mass is 9.80. The first-order chi connectivity index (χ1) is 15.8. The zero-order valence-electron chi connectivity index (χ0n) is 18.7. The third kappa shape index (κ3) is 4.83. The second-order valence-corrected chi connectivity index (χ2v) is 7.75. The molecule has 32 heavy (non-hydrogen) atoms. The smallest absolute Gasteiger partial charge is 0.143 e. The number of methoxy groups -OCH3 is 2. The Morgan fingerprint density at radius 3 is 1.62 bits per heavy atom. The molecule has 163 valence electrons. The first kappa shape index (κ1) is 22.4. The normalized spacial score (nSPS) is 14.4. The zero-order chi connectivity index (χ0) is 22.2. The highest BCUT2D eigenvalue weighted by Gasteiger charge is 2.37. The number of benzene rings is 3. The second-order valence-electron chi connectivity index (χ2n) is 7.75. The van der Waals surface area contributed by atoms with Crippen LogP contribution in [0.3, 0.4) is 0 Å². The summed E-state index contributed by atoms with van der Waals surface area (Å²) in [7, 11) is 3.37. The number of rotatable bonds is 10. The van der Waals surface area contributed by atoms with Gasteiger partial charge in [-0.05, 0) is 85.4 Å². The van der Waals surface area contributed by atoms with Crippen molar-refractivity contribution < 1.29 is 14.2 Å². The van der Waals surface area contributed by atoms with Crippen LogP contribution in [0.2, 0.25) is 0 Å². The van der Waals surface area contributed by atoms with Gasteiger partial charge < -0.3 is 14.2 Å². The lowest BCUT2D eigenvalue weighted by Crippen LogP contribution is -2.33. The predicted molar refractivity (Wildman–Crippen MR) is 128 cm³/mol. The molecule has 0 aromatic heterocycles. The summed E-state index contributed by atoms with van der Waals surface area (Å²) in [5.74, 6) is 2.98. The summed E-state index contributed by atoms with van der Waals surface area (Å²) < 4.78 is 17.7. The fraction of sp³-hybridized carbons (Fsp3) is 0.207. The average Bonchev–Trinajstić information content (AvgIpc) is 3.39. The van der Waals surface area contributed by atoms with Gasteiger partial charge in [0.15, 0.2) is 0 Å². The minimum Gasteiger partial charge on any atom is -0.497 e. The van der Waals surface area contributed by atoms with E-state index in [1.807, 2.05) is 30.3 Å². The van der Waals surface area contributed by atoms with Gasteiger partial charge in [0.25, 0.3) is 0 Å². The van der Waals surface area contributed by atoms with Crippen molar-refractivity contribution in [2.75, 3.05) is 20.8 Å². The quantitative estimate of drug-likeness (QED) is 0.286. The Hall–Kier alpha value is -2.78. The van der Waals surface area contributed by atoms with Gasteiger partial charge in [-0.25, -0.2) is 0 Å². The molecule has 1 fully saturated rings.